The fourth-order valence-electron chi connectivity index (χ4n) is 1.14. The van der Waals surface area contributed by atoms with Crippen LogP contribution in [0.4, 0.5) is 0 Å². The normalized spacial score (nSPS) is 15.6. The van der Waals surface area contributed by atoms with E-state index in [2.05, 4.69) is 27.7 Å². The van der Waals surface area contributed by atoms with Crippen molar-refractivity contribution in [2.45, 2.75) is 54.4 Å². The van der Waals surface area contributed by atoms with Crippen molar-refractivity contribution in [3.63, 3.8) is 0 Å². The van der Waals surface area contributed by atoms with Crippen LogP contribution in [-0.2, 0) is 0 Å². The van der Waals surface area contributed by atoms with E-state index >= 15 is 0 Å². The maximum atomic E-state index is 2.36. The standard InChI is InChI=1S/C9H20.CH4/c1-5-7-9(4)8(3)6-2;/h8-9H,5-7H2,1-4H3;1H4/t8-,9-;/m0./s1. The topological polar surface area (TPSA) is 0 Å². The Morgan fingerprint density at radius 3 is 1.80 bits per heavy atom. The highest BCUT2D eigenvalue weighted by atomic mass is 14.1. The summed E-state index contributed by atoms with van der Waals surface area (Å²) in [6, 6.07) is 0. The summed E-state index contributed by atoms with van der Waals surface area (Å²) in [6.45, 7) is 9.24. The van der Waals surface area contributed by atoms with Crippen LogP contribution in [0.3, 0.4) is 0 Å². The second-order valence-corrected chi connectivity index (χ2v) is 3.15. The van der Waals surface area contributed by atoms with E-state index in [1.165, 1.54) is 19.3 Å². The van der Waals surface area contributed by atoms with Gasteiger partial charge in [0.1, 0.15) is 0 Å². The smallest absolute Gasteiger partial charge is 0.0417 e. The van der Waals surface area contributed by atoms with Crippen molar-refractivity contribution in [3.8, 4) is 0 Å². The molecule has 0 amide bonds. The van der Waals surface area contributed by atoms with Gasteiger partial charge in [-0.15, -0.1) is 0 Å². The van der Waals surface area contributed by atoms with Crippen LogP contribution in [0.25, 0.3) is 0 Å². The average molecular weight is 144 g/mol. The Balaban J connectivity index is 0. The molecule has 0 N–H and O–H groups in total. The van der Waals surface area contributed by atoms with Gasteiger partial charge in [0.05, 0.1) is 0 Å². The van der Waals surface area contributed by atoms with Crippen LogP contribution in [0.5, 0.6) is 0 Å². The van der Waals surface area contributed by atoms with Gasteiger partial charge in [0.2, 0.25) is 0 Å². The minimum Gasteiger partial charge on any atom is -0.0776 e. The van der Waals surface area contributed by atoms with Gasteiger partial charge in [-0.2, -0.15) is 0 Å². The quantitative estimate of drug-likeness (QED) is 0.557. The van der Waals surface area contributed by atoms with Gasteiger partial charge in [-0.1, -0.05) is 54.4 Å². The van der Waals surface area contributed by atoms with Crippen molar-refractivity contribution in [2.24, 2.45) is 11.8 Å². The van der Waals surface area contributed by atoms with Crippen LogP contribution in [-0.4, -0.2) is 0 Å². The minimum absolute atomic E-state index is 0. The molecular formula is C10H24. The maximum Gasteiger partial charge on any atom is -0.0417 e. The predicted molar refractivity (Wildman–Crippen MR) is 50.3 cm³/mol. The first-order chi connectivity index (χ1) is 4.22. The van der Waals surface area contributed by atoms with Crippen LogP contribution in [0.1, 0.15) is 54.4 Å². The summed E-state index contributed by atoms with van der Waals surface area (Å²) in [5.41, 5.74) is 0. The molecule has 2 atom stereocenters. The summed E-state index contributed by atoms with van der Waals surface area (Å²) >= 11 is 0. The van der Waals surface area contributed by atoms with E-state index < -0.39 is 0 Å². The molecule has 0 unspecified atom stereocenters. The van der Waals surface area contributed by atoms with E-state index in [-0.39, 0.29) is 7.43 Å². The fraction of sp³-hybridized carbons (Fsp3) is 1.00. The molecule has 0 aromatic rings. The Kier molecular flexibility index (Phi) is 9.00. The molecular weight excluding hydrogens is 120 g/mol. The molecule has 0 fully saturated rings. The molecule has 0 aromatic heterocycles. The highest BCUT2D eigenvalue weighted by molar-refractivity contribution is 4.58. The van der Waals surface area contributed by atoms with Crippen molar-refractivity contribution in [1.29, 1.82) is 0 Å². The van der Waals surface area contributed by atoms with Crippen LogP contribution in [0, 0.1) is 11.8 Å². The van der Waals surface area contributed by atoms with Crippen molar-refractivity contribution >= 4 is 0 Å². The van der Waals surface area contributed by atoms with Gasteiger partial charge in [-0.3, -0.25) is 0 Å². The first-order valence-electron chi connectivity index (χ1n) is 4.22. The van der Waals surface area contributed by atoms with Crippen LogP contribution in [0.15, 0.2) is 0 Å². The van der Waals surface area contributed by atoms with Crippen LogP contribution >= 0.6 is 0 Å². The number of hydrogen-bond acceptors (Lipinski definition) is 0. The Morgan fingerprint density at radius 1 is 1.00 bits per heavy atom. The predicted octanol–water partition coefficient (Wildman–Crippen LogP) is 4.10. The molecule has 0 spiro atoms. The summed E-state index contributed by atoms with van der Waals surface area (Å²) in [7, 11) is 0. The summed E-state index contributed by atoms with van der Waals surface area (Å²) < 4.78 is 0. The summed E-state index contributed by atoms with van der Waals surface area (Å²) in [4.78, 5) is 0. The molecule has 0 rings (SSSR count). The number of hydrogen-bond donors (Lipinski definition) is 0. The van der Waals surface area contributed by atoms with Gasteiger partial charge in [0.25, 0.3) is 0 Å². The third-order valence-corrected chi connectivity index (χ3v) is 2.36. The molecule has 0 radical (unpaired) electrons. The monoisotopic (exact) mass is 144 g/mol. The molecule has 10 heavy (non-hydrogen) atoms. The zero-order chi connectivity index (χ0) is 7.28. The second-order valence-electron chi connectivity index (χ2n) is 3.15. The Bertz CT molecular complexity index is 57.1. The molecule has 0 aliphatic rings. The van der Waals surface area contributed by atoms with E-state index in [4.69, 9.17) is 0 Å². The lowest BCUT2D eigenvalue weighted by molar-refractivity contribution is 0.352. The zero-order valence-corrected chi connectivity index (χ0v) is 7.28. The van der Waals surface area contributed by atoms with Crippen molar-refractivity contribution in [1.82, 2.24) is 0 Å². The van der Waals surface area contributed by atoms with E-state index in [1.54, 1.807) is 0 Å². The third-order valence-electron chi connectivity index (χ3n) is 2.36. The lowest BCUT2D eigenvalue weighted by Gasteiger charge is -2.16. The molecule has 0 bridgehead atoms. The first-order valence-corrected chi connectivity index (χ1v) is 4.22. The second kappa shape index (κ2) is 7.11. The van der Waals surface area contributed by atoms with Gasteiger partial charge in [0.15, 0.2) is 0 Å². The zero-order valence-electron chi connectivity index (χ0n) is 7.28. The van der Waals surface area contributed by atoms with Gasteiger partial charge in [-0.25, -0.2) is 0 Å². The van der Waals surface area contributed by atoms with Crippen molar-refractivity contribution in [2.75, 3.05) is 0 Å². The van der Waals surface area contributed by atoms with Gasteiger partial charge in [-0.05, 0) is 11.8 Å². The van der Waals surface area contributed by atoms with Crippen molar-refractivity contribution in [3.05, 3.63) is 0 Å². The largest absolute Gasteiger partial charge is 0.0776 e. The SMILES string of the molecule is C.CCC[C@H](C)[C@@H](C)CC. The van der Waals surface area contributed by atoms with Crippen molar-refractivity contribution < 1.29 is 0 Å². The lowest BCUT2D eigenvalue weighted by atomic mass is 9.90. The molecule has 0 heteroatoms. The summed E-state index contributed by atoms with van der Waals surface area (Å²) in [6.07, 6.45) is 4.07. The van der Waals surface area contributed by atoms with Gasteiger partial charge in [0, 0.05) is 0 Å². The van der Waals surface area contributed by atoms with E-state index in [9.17, 15) is 0 Å². The molecule has 0 aromatic carbocycles. The molecule has 0 heterocycles. The first kappa shape index (κ1) is 12.7. The van der Waals surface area contributed by atoms with Crippen LogP contribution < -0.4 is 0 Å². The highest BCUT2D eigenvalue weighted by Crippen LogP contribution is 2.18. The van der Waals surface area contributed by atoms with Crippen LogP contribution in [0.2, 0.25) is 0 Å². The molecule has 0 aliphatic heterocycles. The lowest BCUT2D eigenvalue weighted by Crippen LogP contribution is -2.05. The molecule has 0 saturated heterocycles. The maximum absolute atomic E-state index is 2.36. The van der Waals surface area contributed by atoms with E-state index in [0.29, 0.717) is 0 Å². The summed E-state index contributed by atoms with van der Waals surface area (Å²) in [5, 5.41) is 0. The van der Waals surface area contributed by atoms with E-state index in [0.717, 1.165) is 11.8 Å². The Labute approximate surface area is 67.0 Å². The Hall–Kier alpha value is 0. The number of rotatable bonds is 4. The average Bonchev–Trinajstić information content (AvgIpc) is 1.87. The third kappa shape index (κ3) is 4.84. The molecule has 0 aliphatic carbocycles. The highest BCUT2D eigenvalue weighted by Gasteiger charge is 2.07. The molecule has 0 nitrogen and oxygen atoms in total. The van der Waals surface area contributed by atoms with E-state index in [1.807, 2.05) is 0 Å². The fourth-order valence-corrected chi connectivity index (χ4v) is 1.14. The molecule has 64 valence electrons. The van der Waals surface area contributed by atoms with Gasteiger partial charge >= 0.3 is 0 Å². The summed E-state index contributed by atoms with van der Waals surface area (Å²) in [5.74, 6) is 1.85. The minimum atomic E-state index is 0. The molecule has 0 saturated carbocycles. The van der Waals surface area contributed by atoms with Gasteiger partial charge < -0.3 is 0 Å². The Morgan fingerprint density at radius 2 is 1.50 bits per heavy atom.